The average molecular weight is 352 g/mol. The van der Waals surface area contributed by atoms with Gasteiger partial charge in [-0.1, -0.05) is 28.1 Å². The zero-order valence-corrected chi connectivity index (χ0v) is 13.8. The topological polar surface area (TPSA) is 21.3 Å². The third kappa shape index (κ3) is 5.14. The summed E-state index contributed by atoms with van der Waals surface area (Å²) in [4.78, 5) is 0. The predicted octanol–water partition coefficient (Wildman–Crippen LogP) is 4.67. The van der Waals surface area contributed by atoms with Crippen molar-refractivity contribution in [2.45, 2.75) is 33.0 Å². The van der Waals surface area contributed by atoms with Crippen molar-refractivity contribution in [3.05, 3.63) is 63.9 Å². The third-order valence-electron chi connectivity index (χ3n) is 2.92. The molecule has 0 radical (unpaired) electrons. The van der Waals surface area contributed by atoms with Crippen LogP contribution in [0.4, 0.5) is 4.39 Å². The standard InChI is InChI=1S/C17H19BrFNO/c1-12(2)21-16-5-3-4-13(8-16)10-20-11-14-9-15(18)6-7-17(14)19/h3-9,12,20H,10-11H2,1-2H3. The number of halogens is 2. The smallest absolute Gasteiger partial charge is 0.127 e. The van der Waals surface area contributed by atoms with E-state index in [0.717, 1.165) is 15.8 Å². The van der Waals surface area contributed by atoms with Gasteiger partial charge in [0, 0.05) is 23.1 Å². The molecule has 0 aliphatic heterocycles. The lowest BCUT2D eigenvalue weighted by molar-refractivity contribution is 0.242. The maximum Gasteiger partial charge on any atom is 0.127 e. The van der Waals surface area contributed by atoms with E-state index in [4.69, 9.17) is 4.74 Å². The molecule has 21 heavy (non-hydrogen) atoms. The zero-order valence-electron chi connectivity index (χ0n) is 12.2. The molecule has 0 aliphatic rings. The molecule has 0 bridgehead atoms. The van der Waals surface area contributed by atoms with E-state index in [1.165, 1.54) is 6.07 Å². The lowest BCUT2D eigenvalue weighted by Gasteiger charge is -2.11. The number of hydrogen-bond acceptors (Lipinski definition) is 2. The van der Waals surface area contributed by atoms with Gasteiger partial charge in [-0.3, -0.25) is 0 Å². The van der Waals surface area contributed by atoms with Crippen LogP contribution in [0, 0.1) is 5.82 Å². The van der Waals surface area contributed by atoms with Crippen molar-refractivity contribution in [2.24, 2.45) is 0 Å². The van der Waals surface area contributed by atoms with Crippen LogP contribution in [0.2, 0.25) is 0 Å². The Bertz CT molecular complexity index is 601. The fourth-order valence-corrected chi connectivity index (χ4v) is 2.43. The minimum Gasteiger partial charge on any atom is -0.491 e. The first-order valence-electron chi connectivity index (χ1n) is 6.95. The highest BCUT2D eigenvalue weighted by Gasteiger charge is 2.03. The van der Waals surface area contributed by atoms with Gasteiger partial charge in [0.15, 0.2) is 0 Å². The maximum absolute atomic E-state index is 13.6. The molecule has 0 atom stereocenters. The Hall–Kier alpha value is -1.39. The van der Waals surface area contributed by atoms with Crippen LogP contribution in [0.15, 0.2) is 46.9 Å². The van der Waals surface area contributed by atoms with Gasteiger partial charge in [-0.15, -0.1) is 0 Å². The summed E-state index contributed by atoms with van der Waals surface area (Å²) >= 11 is 3.35. The van der Waals surface area contributed by atoms with E-state index in [1.807, 2.05) is 38.1 Å². The second kappa shape index (κ2) is 7.57. The summed E-state index contributed by atoms with van der Waals surface area (Å²) < 4.78 is 20.2. The molecule has 0 heterocycles. The quantitative estimate of drug-likeness (QED) is 0.816. The zero-order chi connectivity index (χ0) is 15.2. The van der Waals surface area contributed by atoms with Crippen LogP contribution in [0.5, 0.6) is 5.75 Å². The number of ether oxygens (including phenoxy) is 1. The Kier molecular flexibility index (Phi) is 5.76. The van der Waals surface area contributed by atoms with Gasteiger partial charge in [0.05, 0.1) is 6.10 Å². The molecule has 0 aliphatic carbocycles. The van der Waals surface area contributed by atoms with Crippen LogP contribution in [0.25, 0.3) is 0 Å². The van der Waals surface area contributed by atoms with Crippen LogP contribution >= 0.6 is 15.9 Å². The predicted molar refractivity (Wildman–Crippen MR) is 86.8 cm³/mol. The Morgan fingerprint density at radius 1 is 1.14 bits per heavy atom. The summed E-state index contributed by atoms with van der Waals surface area (Å²) in [5, 5.41) is 3.25. The van der Waals surface area contributed by atoms with Crippen molar-refractivity contribution < 1.29 is 9.13 Å². The van der Waals surface area contributed by atoms with Gasteiger partial charge in [0.1, 0.15) is 11.6 Å². The Balaban J connectivity index is 1.92. The molecular formula is C17H19BrFNO. The number of hydrogen-bond donors (Lipinski definition) is 1. The molecule has 0 amide bonds. The minimum atomic E-state index is -0.192. The highest BCUT2D eigenvalue weighted by Crippen LogP contribution is 2.17. The molecule has 112 valence electrons. The Morgan fingerprint density at radius 3 is 2.71 bits per heavy atom. The first-order valence-corrected chi connectivity index (χ1v) is 7.74. The maximum atomic E-state index is 13.6. The Labute approximate surface area is 133 Å². The number of nitrogens with one attached hydrogen (secondary N) is 1. The highest BCUT2D eigenvalue weighted by molar-refractivity contribution is 9.10. The number of rotatable bonds is 6. The summed E-state index contributed by atoms with van der Waals surface area (Å²) in [6.07, 6.45) is 0.156. The van der Waals surface area contributed by atoms with Crippen LogP contribution in [-0.2, 0) is 13.1 Å². The van der Waals surface area contributed by atoms with Crippen LogP contribution in [-0.4, -0.2) is 6.10 Å². The molecule has 2 rings (SSSR count). The largest absolute Gasteiger partial charge is 0.491 e. The van der Waals surface area contributed by atoms with Crippen LogP contribution < -0.4 is 10.1 Å². The van der Waals surface area contributed by atoms with Gasteiger partial charge in [0.2, 0.25) is 0 Å². The lowest BCUT2D eigenvalue weighted by Crippen LogP contribution is -2.14. The Morgan fingerprint density at radius 2 is 1.95 bits per heavy atom. The molecule has 0 saturated heterocycles. The molecule has 2 aromatic carbocycles. The van der Waals surface area contributed by atoms with Crippen molar-refractivity contribution in [3.63, 3.8) is 0 Å². The number of benzene rings is 2. The van der Waals surface area contributed by atoms with Crippen molar-refractivity contribution in [1.82, 2.24) is 5.32 Å². The van der Waals surface area contributed by atoms with Gasteiger partial charge in [-0.25, -0.2) is 4.39 Å². The van der Waals surface area contributed by atoms with Crippen molar-refractivity contribution in [3.8, 4) is 5.75 Å². The average Bonchev–Trinajstić information content (AvgIpc) is 2.42. The molecule has 0 saturated carbocycles. The summed E-state index contributed by atoms with van der Waals surface area (Å²) in [6.45, 7) is 5.16. The van der Waals surface area contributed by atoms with Crippen LogP contribution in [0.3, 0.4) is 0 Å². The fourth-order valence-electron chi connectivity index (χ4n) is 2.02. The van der Waals surface area contributed by atoms with Crippen molar-refractivity contribution in [2.75, 3.05) is 0 Å². The molecule has 2 aromatic rings. The summed E-state index contributed by atoms with van der Waals surface area (Å²) in [6, 6.07) is 12.9. The highest BCUT2D eigenvalue weighted by atomic mass is 79.9. The van der Waals surface area contributed by atoms with E-state index in [0.29, 0.717) is 18.7 Å². The van der Waals surface area contributed by atoms with Gasteiger partial charge >= 0.3 is 0 Å². The van der Waals surface area contributed by atoms with E-state index in [2.05, 4.69) is 21.2 Å². The van der Waals surface area contributed by atoms with E-state index in [9.17, 15) is 4.39 Å². The van der Waals surface area contributed by atoms with Crippen LogP contribution in [0.1, 0.15) is 25.0 Å². The molecule has 0 fully saturated rings. The van der Waals surface area contributed by atoms with Crippen molar-refractivity contribution >= 4 is 15.9 Å². The van der Waals surface area contributed by atoms with E-state index < -0.39 is 0 Å². The first kappa shape index (κ1) is 16.0. The summed E-state index contributed by atoms with van der Waals surface area (Å²) in [5.74, 6) is 0.667. The monoisotopic (exact) mass is 351 g/mol. The van der Waals surface area contributed by atoms with E-state index in [1.54, 1.807) is 12.1 Å². The van der Waals surface area contributed by atoms with Gasteiger partial charge in [-0.2, -0.15) is 0 Å². The molecule has 4 heteroatoms. The molecule has 2 nitrogen and oxygen atoms in total. The summed E-state index contributed by atoms with van der Waals surface area (Å²) in [7, 11) is 0. The minimum absolute atomic E-state index is 0.156. The summed E-state index contributed by atoms with van der Waals surface area (Å²) in [5.41, 5.74) is 1.77. The fraction of sp³-hybridized carbons (Fsp3) is 0.294. The third-order valence-corrected chi connectivity index (χ3v) is 3.42. The second-order valence-corrected chi connectivity index (χ2v) is 6.07. The molecular weight excluding hydrogens is 333 g/mol. The SMILES string of the molecule is CC(C)Oc1cccc(CNCc2cc(Br)ccc2F)c1. The molecule has 0 spiro atoms. The van der Waals surface area contributed by atoms with E-state index in [-0.39, 0.29) is 11.9 Å². The second-order valence-electron chi connectivity index (χ2n) is 5.15. The van der Waals surface area contributed by atoms with Gasteiger partial charge < -0.3 is 10.1 Å². The van der Waals surface area contributed by atoms with Gasteiger partial charge in [0.25, 0.3) is 0 Å². The lowest BCUT2D eigenvalue weighted by atomic mass is 10.2. The molecule has 1 N–H and O–H groups in total. The van der Waals surface area contributed by atoms with Crippen molar-refractivity contribution in [1.29, 1.82) is 0 Å². The van der Waals surface area contributed by atoms with E-state index >= 15 is 0 Å². The first-order chi connectivity index (χ1) is 10.0. The van der Waals surface area contributed by atoms with Gasteiger partial charge in [-0.05, 0) is 49.7 Å². The molecule has 0 aromatic heterocycles. The molecule has 0 unspecified atom stereocenters. The normalized spacial score (nSPS) is 10.9.